The molecule has 0 saturated heterocycles. The predicted molar refractivity (Wildman–Crippen MR) is 97.7 cm³/mol. The van der Waals surface area contributed by atoms with Crippen molar-refractivity contribution in [1.82, 2.24) is 5.16 Å². The minimum atomic E-state index is -3.72. The first-order valence-electron chi connectivity index (χ1n) is 7.70. The van der Waals surface area contributed by atoms with Crippen LogP contribution in [0.4, 0.5) is 5.69 Å². The third-order valence-corrected chi connectivity index (χ3v) is 6.60. The fraction of sp³-hybridized carbons (Fsp3) is 0.235. The van der Waals surface area contributed by atoms with Gasteiger partial charge in [-0.15, -0.1) is 11.3 Å². The van der Waals surface area contributed by atoms with Crippen molar-refractivity contribution in [1.29, 1.82) is 0 Å². The normalized spacial score (nSPS) is 11.5. The SMILES string of the molecule is CCOc1ccccc1NS(=O)(=O)c1ccc(-c2onc(C)c2C)s1. The molecule has 0 aliphatic carbocycles. The van der Waals surface area contributed by atoms with Gasteiger partial charge in [0, 0.05) is 5.56 Å². The monoisotopic (exact) mass is 378 g/mol. The van der Waals surface area contributed by atoms with Crippen molar-refractivity contribution in [3.63, 3.8) is 0 Å². The molecule has 132 valence electrons. The highest BCUT2D eigenvalue weighted by Crippen LogP contribution is 2.35. The van der Waals surface area contributed by atoms with Crippen LogP contribution in [0.5, 0.6) is 5.75 Å². The van der Waals surface area contributed by atoms with Crippen LogP contribution in [0.2, 0.25) is 0 Å². The number of hydrogen-bond acceptors (Lipinski definition) is 6. The van der Waals surface area contributed by atoms with Crippen molar-refractivity contribution < 1.29 is 17.7 Å². The van der Waals surface area contributed by atoms with Crippen LogP contribution < -0.4 is 9.46 Å². The molecule has 0 bridgehead atoms. The number of aromatic nitrogens is 1. The Kier molecular flexibility index (Phi) is 4.82. The van der Waals surface area contributed by atoms with Crippen molar-refractivity contribution in [3.8, 4) is 16.4 Å². The average molecular weight is 378 g/mol. The highest BCUT2D eigenvalue weighted by molar-refractivity contribution is 7.94. The number of para-hydroxylation sites is 2. The molecule has 3 aromatic rings. The van der Waals surface area contributed by atoms with Gasteiger partial charge in [0.1, 0.15) is 9.96 Å². The second-order valence-corrected chi connectivity index (χ2v) is 8.37. The number of nitrogens with one attached hydrogen (secondary N) is 1. The van der Waals surface area contributed by atoms with Crippen molar-refractivity contribution in [2.75, 3.05) is 11.3 Å². The number of sulfonamides is 1. The van der Waals surface area contributed by atoms with E-state index in [0.29, 0.717) is 23.8 Å². The Bertz CT molecular complexity index is 990. The van der Waals surface area contributed by atoms with Crippen LogP contribution in [-0.4, -0.2) is 20.2 Å². The molecule has 1 N–H and O–H groups in total. The van der Waals surface area contributed by atoms with Crippen LogP contribution in [0.15, 0.2) is 45.1 Å². The molecule has 0 amide bonds. The van der Waals surface area contributed by atoms with Gasteiger partial charge < -0.3 is 9.26 Å². The number of nitrogens with zero attached hydrogens (tertiary/aromatic N) is 1. The minimum absolute atomic E-state index is 0.197. The van der Waals surface area contributed by atoms with Crippen LogP contribution in [0.3, 0.4) is 0 Å². The van der Waals surface area contributed by atoms with E-state index >= 15 is 0 Å². The maximum Gasteiger partial charge on any atom is 0.271 e. The van der Waals surface area contributed by atoms with Crippen LogP contribution in [0, 0.1) is 13.8 Å². The molecule has 3 rings (SSSR count). The molecule has 1 aromatic carbocycles. The van der Waals surface area contributed by atoms with E-state index < -0.39 is 10.0 Å². The summed E-state index contributed by atoms with van der Waals surface area (Å²) in [6.45, 7) is 6.04. The van der Waals surface area contributed by atoms with Crippen molar-refractivity contribution in [2.24, 2.45) is 0 Å². The summed E-state index contributed by atoms with van der Waals surface area (Å²) < 4.78 is 38.9. The molecule has 0 aliphatic heterocycles. The first kappa shape index (κ1) is 17.5. The van der Waals surface area contributed by atoms with E-state index in [0.717, 1.165) is 27.5 Å². The Hall–Kier alpha value is -2.32. The van der Waals surface area contributed by atoms with Crippen LogP contribution in [0.25, 0.3) is 10.6 Å². The summed E-state index contributed by atoms with van der Waals surface area (Å²) in [6.07, 6.45) is 0. The average Bonchev–Trinajstić information content (AvgIpc) is 3.18. The summed E-state index contributed by atoms with van der Waals surface area (Å²) in [6, 6.07) is 10.2. The lowest BCUT2D eigenvalue weighted by molar-refractivity contribution is 0.342. The lowest BCUT2D eigenvalue weighted by Gasteiger charge is -2.11. The molecule has 2 heterocycles. The standard InChI is InChI=1S/C17H18N2O4S2/c1-4-22-14-8-6-5-7-13(14)19-25(20,21)16-10-9-15(24-16)17-11(2)12(3)18-23-17/h5-10,19H,4H2,1-3H3. The zero-order valence-corrected chi connectivity index (χ0v) is 15.7. The van der Waals surface area contributed by atoms with E-state index in [4.69, 9.17) is 9.26 Å². The van der Waals surface area contributed by atoms with Gasteiger partial charge in [0.2, 0.25) is 0 Å². The van der Waals surface area contributed by atoms with Gasteiger partial charge in [-0.25, -0.2) is 8.42 Å². The molecule has 8 heteroatoms. The maximum atomic E-state index is 12.7. The van der Waals surface area contributed by atoms with Gasteiger partial charge in [-0.1, -0.05) is 17.3 Å². The first-order valence-corrected chi connectivity index (χ1v) is 10.00. The molecule has 0 radical (unpaired) electrons. The largest absolute Gasteiger partial charge is 0.492 e. The number of rotatable bonds is 6. The van der Waals surface area contributed by atoms with Gasteiger partial charge in [-0.2, -0.15) is 0 Å². The second-order valence-electron chi connectivity index (χ2n) is 5.38. The zero-order valence-electron chi connectivity index (χ0n) is 14.1. The smallest absolute Gasteiger partial charge is 0.271 e. The van der Waals surface area contributed by atoms with Crippen LogP contribution in [-0.2, 0) is 10.0 Å². The lowest BCUT2D eigenvalue weighted by Crippen LogP contribution is -2.12. The van der Waals surface area contributed by atoms with Crippen molar-refractivity contribution in [3.05, 3.63) is 47.7 Å². The molecule has 0 saturated carbocycles. The number of aryl methyl sites for hydroxylation is 1. The van der Waals surface area contributed by atoms with Crippen LogP contribution in [0.1, 0.15) is 18.2 Å². The summed E-state index contributed by atoms with van der Waals surface area (Å²) in [5, 5.41) is 3.91. The highest BCUT2D eigenvalue weighted by atomic mass is 32.2. The maximum absolute atomic E-state index is 12.7. The topological polar surface area (TPSA) is 81.4 Å². The highest BCUT2D eigenvalue weighted by Gasteiger charge is 2.21. The Balaban J connectivity index is 1.90. The predicted octanol–water partition coefficient (Wildman–Crippen LogP) is 4.22. The molecular formula is C17H18N2O4S2. The van der Waals surface area contributed by atoms with Crippen molar-refractivity contribution in [2.45, 2.75) is 25.0 Å². The van der Waals surface area contributed by atoms with E-state index in [1.54, 1.807) is 36.4 Å². The van der Waals surface area contributed by atoms with Crippen LogP contribution >= 0.6 is 11.3 Å². The Labute approximate surface area is 150 Å². The summed E-state index contributed by atoms with van der Waals surface area (Å²) in [5.41, 5.74) is 2.10. The van der Waals surface area contributed by atoms with Gasteiger partial charge in [-0.3, -0.25) is 4.72 Å². The summed E-state index contributed by atoms with van der Waals surface area (Å²) >= 11 is 1.13. The summed E-state index contributed by atoms with van der Waals surface area (Å²) in [4.78, 5) is 0.719. The van der Waals surface area contributed by atoms with E-state index in [1.165, 1.54) is 0 Å². The summed E-state index contributed by atoms with van der Waals surface area (Å²) in [7, 11) is -3.72. The van der Waals surface area contributed by atoms with E-state index in [1.807, 2.05) is 20.8 Å². The summed E-state index contributed by atoms with van der Waals surface area (Å²) in [5.74, 6) is 1.09. The third-order valence-electron chi connectivity index (χ3n) is 3.66. The quantitative estimate of drug-likeness (QED) is 0.694. The van der Waals surface area contributed by atoms with Gasteiger partial charge in [0.05, 0.1) is 22.9 Å². The molecule has 0 atom stereocenters. The fourth-order valence-corrected chi connectivity index (χ4v) is 4.67. The van der Waals surface area contributed by atoms with Gasteiger partial charge >= 0.3 is 0 Å². The van der Waals surface area contributed by atoms with Gasteiger partial charge in [0.25, 0.3) is 10.0 Å². The lowest BCUT2D eigenvalue weighted by atomic mass is 10.2. The minimum Gasteiger partial charge on any atom is -0.492 e. The number of hydrogen-bond donors (Lipinski definition) is 1. The van der Waals surface area contributed by atoms with E-state index in [9.17, 15) is 8.42 Å². The third kappa shape index (κ3) is 3.54. The molecular weight excluding hydrogens is 360 g/mol. The number of ether oxygens (including phenoxy) is 1. The molecule has 0 fully saturated rings. The Morgan fingerprint density at radius 3 is 2.64 bits per heavy atom. The Morgan fingerprint density at radius 1 is 1.20 bits per heavy atom. The number of benzene rings is 1. The molecule has 0 aliphatic rings. The molecule has 0 spiro atoms. The number of thiophene rings is 1. The van der Waals surface area contributed by atoms with Gasteiger partial charge in [0.15, 0.2) is 5.76 Å². The van der Waals surface area contributed by atoms with E-state index in [2.05, 4.69) is 9.88 Å². The van der Waals surface area contributed by atoms with Crippen molar-refractivity contribution >= 4 is 27.0 Å². The second kappa shape index (κ2) is 6.89. The number of anilines is 1. The molecule has 6 nitrogen and oxygen atoms in total. The van der Waals surface area contributed by atoms with E-state index in [-0.39, 0.29) is 4.21 Å². The molecule has 2 aromatic heterocycles. The fourth-order valence-electron chi connectivity index (χ4n) is 2.26. The molecule has 25 heavy (non-hydrogen) atoms. The van der Waals surface area contributed by atoms with Gasteiger partial charge in [-0.05, 0) is 45.0 Å². The molecule has 0 unspecified atom stereocenters. The zero-order chi connectivity index (χ0) is 18.0. The first-order chi connectivity index (χ1) is 11.9. The Morgan fingerprint density at radius 2 is 1.96 bits per heavy atom.